The summed E-state index contributed by atoms with van der Waals surface area (Å²) in [6.45, 7) is 0.612. The molecule has 0 atom stereocenters. The molecule has 0 spiro atoms. The van der Waals surface area contributed by atoms with Gasteiger partial charge in [0.05, 0.1) is 12.7 Å². The number of esters is 1. The summed E-state index contributed by atoms with van der Waals surface area (Å²) in [7, 11) is 1.34. The van der Waals surface area contributed by atoms with Crippen molar-refractivity contribution in [1.29, 1.82) is 0 Å². The topological polar surface area (TPSA) is 84.1 Å². The fraction of sp³-hybridized carbons (Fsp3) is 0.133. The summed E-state index contributed by atoms with van der Waals surface area (Å²) in [5.74, 6) is -0.389. The molecule has 0 saturated heterocycles. The maximum Gasteiger partial charge on any atom is 0.337 e. The van der Waals surface area contributed by atoms with Crippen LogP contribution in [0, 0.1) is 0 Å². The van der Waals surface area contributed by atoms with Gasteiger partial charge in [0, 0.05) is 17.7 Å². The third-order valence-electron chi connectivity index (χ3n) is 3.28. The Kier molecular flexibility index (Phi) is 3.27. The lowest BCUT2D eigenvalue weighted by molar-refractivity contribution is 0.0601. The molecule has 2 heterocycles. The molecular weight excluding hydrogens is 270 g/mol. The monoisotopic (exact) mass is 283 g/mol. The molecule has 0 bridgehead atoms. The van der Waals surface area contributed by atoms with Crippen molar-refractivity contribution in [3.8, 4) is 11.3 Å². The summed E-state index contributed by atoms with van der Waals surface area (Å²) < 4.78 is 4.66. The average molecular weight is 283 g/mol. The molecule has 106 valence electrons. The van der Waals surface area contributed by atoms with Crippen LogP contribution in [-0.2, 0) is 4.74 Å². The predicted molar refractivity (Wildman–Crippen MR) is 79.2 cm³/mol. The molecule has 0 unspecified atom stereocenters. The summed E-state index contributed by atoms with van der Waals surface area (Å²) in [5.41, 5.74) is 2.95. The van der Waals surface area contributed by atoms with Crippen LogP contribution in [-0.4, -0.2) is 29.8 Å². The van der Waals surface area contributed by atoms with E-state index in [9.17, 15) is 9.59 Å². The lowest BCUT2D eigenvalue weighted by atomic mass is 10.0. The molecule has 21 heavy (non-hydrogen) atoms. The number of carbonyl (C=O) groups excluding carboxylic acids is 1. The van der Waals surface area contributed by atoms with E-state index in [-0.39, 0.29) is 11.5 Å². The number of ether oxygens (including phenoxy) is 1. The van der Waals surface area contributed by atoms with Crippen molar-refractivity contribution in [2.45, 2.75) is 0 Å². The molecule has 0 saturated carbocycles. The van der Waals surface area contributed by atoms with Gasteiger partial charge in [-0.1, -0.05) is 24.3 Å². The largest absolute Gasteiger partial charge is 0.465 e. The molecule has 1 aliphatic heterocycles. The molecule has 3 rings (SSSR count). The van der Waals surface area contributed by atoms with Gasteiger partial charge < -0.3 is 10.1 Å². The van der Waals surface area contributed by atoms with Crippen molar-refractivity contribution in [2.24, 2.45) is 0 Å². The molecule has 6 heteroatoms. The standard InChI is InChI=1S/C15H13N3O3/c1-21-15(20)10-6-4-9(5-7-10)12-11-3-2-8-16-13(11)14(19)18-17-12/h2-7,16H,8H2,1H3,(H,18,19). The summed E-state index contributed by atoms with van der Waals surface area (Å²) in [5, 5.41) is 9.63. The van der Waals surface area contributed by atoms with Crippen molar-refractivity contribution in [2.75, 3.05) is 19.0 Å². The number of nitrogens with zero attached hydrogens (tertiary/aromatic N) is 1. The van der Waals surface area contributed by atoms with Crippen molar-refractivity contribution >= 4 is 17.7 Å². The van der Waals surface area contributed by atoms with E-state index < -0.39 is 0 Å². The minimum atomic E-state index is -0.389. The Labute approximate surface area is 120 Å². The van der Waals surface area contributed by atoms with Gasteiger partial charge >= 0.3 is 5.97 Å². The first kappa shape index (κ1) is 13.1. The predicted octanol–water partition coefficient (Wildman–Crippen LogP) is 1.66. The molecular formula is C15H13N3O3. The molecule has 2 aromatic rings. The van der Waals surface area contributed by atoms with Gasteiger partial charge in [-0.2, -0.15) is 5.10 Å². The molecule has 0 amide bonds. The Morgan fingerprint density at radius 1 is 1.29 bits per heavy atom. The number of aromatic nitrogens is 2. The van der Waals surface area contributed by atoms with Gasteiger partial charge in [-0.05, 0) is 12.1 Å². The highest BCUT2D eigenvalue weighted by atomic mass is 16.5. The second-order valence-corrected chi connectivity index (χ2v) is 4.54. The zero-order valence-electron chi connectivity index (χ0n) is 11.3. The van der Waals surface area contributed by atoms with E-state index in [4.69, 9.17) is 0 Å². The lowest BCUT2D eigenvalue weighted by Crippen LogP contribution is -2.20. The molecule has 1 aromatic carbocycles. The molecule has 0 aliphatic carbocycles. The second-order valence-electron chi connectivity index (χ2n) is 4.54. The number of nitrogens with one attached hydrogen (secondary N) is 2. The molecule has 0 fully saturated rings. The van der Waals surface area contributed by atoms with E-state index in [2.05, 4.69) is 20.3 Å². The minimum Gasteiger partial charge on any atom is -0.465 e. The second kappa shape index (κ2) is 5.24. The Bertz CT molecular complexity index is 776. The molecule has 2 N–H and O–H groups in total. The van der Waals surface area contributed by atoms with Gasteiger partial charge in [-0.25, -0.2) is 9.89 Å². The number of H-pyrrole nitrogens is 1. The Balaban J connectivity index is 2.08. The van der Waals surface area contributed by atoms with E-state index in [1.807, 2.05) is 12.2 Å². The van der Waals surface area contributed by atoms with Crippen LogP contribution in [0.25, 0.3) is 17.3 Å². The van der Waals surface area contributed by atoms with Gasteiger partial charge in [-0.3, -0.25) is 4.79 Å². The number of carbonyl (C=O) groups is 1. The van der Waals surface area contributed by atoms with Crippen LogP contribution in [0.1, 0.15) is 15.9 Å². The third kappa shape index (κ3) is 2.31. The molecule has 1 aliphatic rings. The summed E-state index contributed by atoms with van der Waals surface area (Å²) >= 11 is 0. The maximum atomic E-state index is 11.8. The Hall–Kier alpha value is -2.89. The van der Waals surface area contributed by atoms with Crippen LogP contribution in [0.4, 0.5) is 5.69 Å². The highest BCUT2D eigenvalue weighted by Gasteiger charge is 2.16. The lowest BCUT2D eigenvalue weighted by Gasteiger charge is -2.14. The van der Waals surface area contributed by atoms with Crippen LogP contribution in [0.15, 0.2) is 35.1 Å². The number of hydrogen-bond acceptors (Lipinski definition) is 5. The summed E-state index contributed by atoms with van der Waals surface area (Å²) in [4.78, 5) is 23.2. The van der Waals surface area contributed by atoms with Crippen molar-refractivity contribution < 1.29 is 9.53 Å². The Morgan fingerprint density at radius 2 is 2.05 bits per heavy atom. The van der Waals surface area contributed by atoms with Gasteiger partial charge in [-0.15, -0.1) is 0 Å². The normalized spacial score (nSPS) is 12.4. The third-order valence-corrected chi connectivity index (χ3v) is 3.28. The fourth-order valence-electron chi connectivity index (χ4n) is 2.24. The van der Waals surface area contributed by atoms with Gasteiger partial charge in [0.25, 0.3) is 5.56 Å². The van der Waals surface area contributed by atoms with Crippen molar-refractivity contribution in [3.05, 3.63) is 51.8 Å². The number of aromatic amines is 1. The zero-order chi connectivity index (χ0) is 14.8. The van der Waals surface area contributed by atoms with E-state index in [1.165, 1.54) is 7.11 Å². The smallest absolute Gasteiger partial charge is 0.337 e. The van der Waals surface area contributed by atoms with E-state index >= 15 is 0 Å². The van der Waals surface area contributed by atoms with Crippen molar-refractivity contribution in [1.82, 2.24) is 10.2 Å². The number of rotatable bonds is 2. The minimum absolute atomic E-state index is 0.246. The zero-order valence-corrected chi connectivity index (χ0v) is 11.3. The number of anilines is 1. The summed E-state index contributed by atoms with van der Waals surface area (Å²) in [6.07, 6.45) is 3.80. The first-order valence-electron chi connectivity index (χ1n) is 6.42. The number of hydrogen-bond donors (Lipinski definition) is 2. The van der Waals surface area contributed by atoms with Crippen LogP contribution in [0.3, 0.4) is 0 Å². The maximum absolute atomic E-state index is 11.8. The molecule has 1 aromatic heterocycles. The highest BCUT2D eigenvalue weighted by molar-refractivity contribution is 5.90. The molecule has 0 radical (unpaired) electrons. The first-order chi connectivity index (χ1) is 10.2. The van der Waals surface area contributed by atoms with Crippen LogP contribution < -0.4 is 10.9 Å². The van der Waals surface area contributed by atoms with Gasteiger partial charge in [0.2, 0.25) is 0 Å². The first-order valence-corrected chi connectivity index (χ1v) is 6.42. The Morgan fingerprint density at radius 3 is 2.76 bits per heavy atom. The highest BCUT2D eigenvalue weighted by Crippen LogP contribution is 2.27. The van der Waals surface area contributed by atoms with E-state index in [0.29, 0.717) is 23.5 Å². The van der Waals surface area contributed by atoms with Gasteiger partial charge in [0.15, 0.2) is 0 Å². The number of benzene rings is 1. The average Bonchev–Trinajstić information content (AvgIpc) is 2.55. The quantitative estimate of drug-likeness (QED) is 0.819. The van der Waals surface area contributed by atoms with Gasteiger partial charge in [0.1, 0.15) is 11.4 Å². The van der Waals surface area contributed by atoms with Crippen LogP contribution in [0.5, 0.6) is 0 Å². The summed E-state index contributed by atoms with van der Waals surface area (Å²) in [6, 6.07) is 6.88. The SMILES string of the molecule is COC(=O)c1ccc(-c2n[nH]c(=O)c3c2C=CCN3)cc1. The number of fused-ring (bicyclic) bond motifs is 1. The van der Waals surface area contributed by atoms with E-state index in [0.717, 1.165) is 11.1 Å². The number of methoxy groups -OCH3 is 1. The van der Waals surface area contributed by atoms with Crippen LogP contribution >= 0.6 is 0 Å². The molecule has 6 nitrogen and oxygen atoms in total. The van der Waals surface area contributed by atoms with Crippen LogP contribution in [0.2, 0.25) is 0 Å². The van der Waals surface area contributed by atoms with Crippen molar-refractivity contribution in [3.63, 3.8) is 0 Å². The fourth-order valence-corrected chi connectivity index (χ4v) is 2.24. The van der Waals surface area contributed by atoms with E-state index in [1.54, 1.807) is 24.3 Å².